The van der Waals surface area contributed by atoms with Gasteiger partial charge in [-0.1, -0.05) is 115 Å². The van der Waals surface area contributed by atoms with Crippen LogP contribution in [0, 0.1) is 0 Å². The number of hydrogen-bond donors (Lipinski definition) is 0. The maximum Gasteiger partial charge on any atom is 0.0716 e. The van der Waals surface area contributed by atoms with Crippen molar-refractivity contribution in [2.24, 2.45) is 0 Å². The van der Waals surface area contributed by atoms with E-state index < -0.39 is 0 Å². The minimum atomic E-state index is 0.958. The fourth-order valence-corrected chi connectivity index (χ4v) is 7.81. The Kier molecular flexibility index (Phi) is 5.71. The van der Waals surface area contributed by atoms with Crippen LogP contribution in [0.5, 0.6) is 0 Å². The van der Waals surface area contributed by atoms with Crippen molar-refractivity contribution in [3.05, 3.63) is 158 Å². The maximum absolute atomic E-state index is 5.20. The highest BCUT2D eigenvalue weighted by Gasteiger charge is 2.18. The van der Waals surface area contributed by atoms with Crippen molar-refractivity contribution in [2.45, 2.75) is 0 Å². The van der Waals surface area contributed by atoms with Crippen LogP contribution in [0.4, 0.5) is 0 Å². The van der Waals surface area contributed by atoms with Crippen LogP contribution in [0.15, 0.2) is 158 Å². The van der Waals surface area contributed by atoms with Crippen molar-refractivity contribution in [2.75, 3.05) is 0 Å². The smallest absolute Gasteiger partial charge is 0.0716 e. The van der Waals surface area contributed by atoms with Crippen LogP contribution in [0.2, 0.25) is 0 Å². The molecule has 2 nitrogen and oxygen atoms in total. The number of hydrogen-bond acceptors (Lipinski definition) is 2. The highest BCUT2D eigenvalue weighted by Crippen LogP contribution is 2.43. The second-order valence-electron chi connectivity index (χ2n) is 11.2. The van der Waals surface area contributed by atoms with Gasteiger partial charge in [0, 0.05) is 47.8 Å². The third-order valence-electron chi connectivity index (χ3n) is 8.58. The van der Waals surface area contributed by atoms with Gasteiger partial charge in [0.25, 0.3) is 0 Å². The fourth-order valence-electron chi connectivity index (χ4n) is 6.55. The molecule has 0 amide bonds. The summed E-state index contributed by atoms with van der Waals surface area (Å²) in [4.78, 5) is 5.20. The number of thiophene rings is 1. The van der Waals surface area contributed by atoms with Crippen LogP contribution >= 0.6 is 11.3 Å². The summed E-state index contributed by atoms with van der Waals surface area (Å²) in [5.74, 6) is 0. The quantitative estimate of drug-likeness (QED) is 0.203. The summed E-state index contributed by atoms with van der Waals surface area (Å²) in [5.41, 5.74) is 10.0. The van der Waals surface area contributed by atoms with Gasteiger partial charge in [0.1, 0.15) is 0 Å². The number of benzene rings is 6. The Morgan fingerprint density at radius 2 is 1.09 bits per heavy atom. The van der Waals surface area contributed by atoms with E-state index >= 15 is 0 Å². The van der Waals surface area contributed by atoms with E-state index in [9.17, 15) is 0 Å². The molecule has 3 heterocycles. The Balaban J connectivity index is 1.27. The molecule has 0 fully saturated rings. The SMILES string of the molecule is c1ccc(-c2cc(-c3ccccc3)nc(-c3cccc(-n4c5ccccc5c5c6sc7ccccc7c6ccc54)c3)c2)cc1. The van der Waals surface area contributed by atoms with Gasteiger partial charge < -0.3 is 4.57 Å². The topological polar surface area (TPSA) is 17.8 Å². The Hall–Kier alpha value is -5.51. The average molecular weight is 579 g/mol. The molecule has 0 saturated heterocycles. The van der Waals surface area contributed by atoms with Gasteiger partial charge in [-0.2, -0.15) is 0 Å². The van der Waals surface area contributed by atoms with Gasteiger partial charge in [0.2, 0.25) is 0 Å². The molecule has 0 aliphatic carbocycles. The van der Waals surface area contributed by atoms with E-state index in [1.54, 1.807) is 0 Å². The maximum atomic E-state index is 5.20. The van der Waals surface area contributed by atoms with Gasteiger partial charge in [-0.25, -0.2) is 4.98 Å². The summed E-state index contributed by atoms with van der Waals surface area (Å²) in [6.45, 7) is 0. The lowest BCUT2D eigenvalue weighted by molar-refractivity contribution is 1.18. The molecule has 3 heteroatoms. The summed E-state index contributed by atoms with van der Waals surface area (Å²) >= 11 is 1.89. The number of rotatable bonds is 4. The molecule has 0 spiro atoms. The van der Waals surface area contributed by atoms with Crippen molar-refractivity contribution in [1.82, 2.24) is 9.55 Å². The molecular formula is C41H26N2S. The molecule has 9 rings (SSSR count). The number of nitrogens with zero attached hydrogens (tertiary/aromatic N) is 2. The van der Waals surface area contributed by atoms with E-state index in [4.69, 9.17) is 4.98 Å². The second-order valence-corrected chi connectivity index (χ2v) is 12.2. The largest absolute Gasteiger partial charge is 0.309 e. The van der Waals surface area contributed by atoms with Crippen molar-refractivity contribution >= 4 is 53.3 Å². The van der Waals surface area contributed by atoms with E-state index in [1.165, 1.54) is 47.5 Å². The molecule has 9 aromatic rings. The van der Waals surface area contributed by atoms with Gasteiger partial charge in [-0.15, -0.1) is 11.3 Å². The van der Waals surface area contributed by atoms with Crippen LogP contribution in [0.3, 0.4) is 0 Å². The molecule has 0 atom stereocenters. The van der Waals surface area contributed by atoms with Gasteiger partial charge in [-0.05, 0) is 53.6 Å². The molecule has 0 bridgehead atoms. The highest BCUT2D eigenvalue weighted by atomic mass is 32.1. The Labute approximate surface area is 259 Å². The lowest BCUT2D eigenvalue weighted by Gasteiger charge is -2.13. The first-order valence-corrected chi connectivity index (χ1v) is 15.7. The number of fused-ring (bicyclic) bond motifs is 7. The van der Waals surface area contributed by atoms with Crippen LogP contribution in [-0.4, -0.2) is 9.55 Å². The zero-order valence-corrected chi connectivity index (χ0v) is 24.6. The molecule has 0 saturated carbocycles. The predicted octanol–water partition coefficient (Wildman–Crippen LogP) is 11.5. The first kappa shape index (κ1) is 25.0. The second kappa shape index (κ2) is 10.0. The summed E-state index contributed by atoms with van der Waals surface area (Å²) in [7, 11) is 0. The monoisotopic (exact) mass is 578 g/mol. The zero-order valence-electron chi connectivity index (χ0n) is 23.8. The molecule has 0 radical (unpaired) electrons. The zero-order chi connectivity index (χ0) is 29.0. The molecule has 0 aliphatic heterocycles. The lowest BCUT2D eigenvalue weighted by Crippen LogP contribution is -1.96. The Morgan fingerprint density at radius 1 is 0.432 bits per heavy atom. The van der Waals surface area contributed by atoms with E-state index in [0.29, 0.717) is 0 Å². The van der Waals surface area contributed by atoms with Crippen LogP contribution in [0.1, 0.15) is 0 Å². The fraction of sp³-hybridized carbons (Fsp3) is 0. The van der Waals surface area contributed by atoms with Crippen LogP contribution in [-0.2, 0) is 0 Å². The molecule has 0 unspecified atom stereocenters. The van der Waals surface area contributed by atoms with Crippen molar-refractivity contribution in [1.29, 1.82) is 0 Å². The number of aromatic nitrogens is 2. The van der Waals surface area contributed by atoms with E-state index in [0.717, 1.165) is 33.8 Å². The van der Waals surface area contributed by atoms with Gasteiger partial charge in [-0.3, -0.25) is 0 Å². The predicted molar refractivity (Wildman–Crippen MR) is 188 cm³/mol. The first-order valence-electron chi connectivity index (χ1n) is 14.9. The highest BCUT2D eigenvalue weighted by molar-refractivity contribution is 7.26. The third kappa shape index (κ3) is 3.98. The Morgan fingerprint density at radius 3 is 1.91 bits per heavy atom. The molecule has 0 aliphatic rings. The molecule has 3 aromatic heterocycles. The van der Waals surface area contributed by atoms with Crippen molar-refractivity contribution in [3.63, 3.8) is 0 Å². The molecule has 0 N–H and O–H groups in total. The molecular weight excluding hydrogens is 553 g/mol. The van der Waals surface area contributed by atoms with Gasteiger partial charge >= 0.3 is 0 Å². The normalized spacial score (nSPS) is 11.6. The first-order chi connectivity index (χ1) is 21.8. The minimum Gasteiger partial charge on any atom is -0.309 e. The van der Waals surface area contributed by atoms with Gasteiger partial charge in [0.15, 0.2) is 0 Å². The lowest BCUT2D eigenvalue weighted by atomic mass is 10.00. The van der Waals surface area contributed by atoms with Crippen LogP contribution < -0.4 is 0 Å². The summed E-state index contributed by atoms with van der Waals surface area (Å²) in [6, 6.07) is 56.4. The number of para-hydroxylation sites is 1. The van der Waals surface area contributed by atoms with Crippen LogP contribution in [0.25, 0.3) is 81.3 Å². The summed E-state index contributed by atoms with van der Waals surface area (Å²) in [5, 5.41) is 5.25. The molecule has 44 heavy (non-hydrogen) atoms. The molecule has 206 valence electrons. The standard InChI is InChI=1S/C41H26N2S/c1-3-12-27(13-4-1)30-25-35(28-14-5-2-6-15-28)42-36(26-30)29-16-11-17-31(24-29)43-37-20-9-7-19-34(37)40-38(43)23-22-33-32-18-8-10-21-39(32)44-41(33)40/h1-26H. The van der Waals surface area contributed by atoms with Gasteiger partial charge in [0.05, 0.1) is 22.4 Å². The van der Waals surface area contributed by atoms with Crippen molar-refractivity contribution < 1.29 is 0 Å². The summed E-state index contributed by atoms with van der Waals surface area (Å²) in [6.07, 6.45) is 0. The van der Waals surface area contributed by atoms with Crippen molar-refractivity contribution in [3.8, 4) is 39.3 Å². The molecule has 6 aromatic carbocycles. The minimum absolute atomic E-state index is 0.958. The number of pyridine rings is 1. The van der Waals surface area contributed by atoms with E-state index in [-0.39, 0.29) is 0 Å². The Bertz CT molecular complexity index is 2430. The van der Waals surface area contributed by atoms with E-state index in [1.807, 2.05) is 17.4 Å². The average Bonchev–Trinajstić information content (AvgIpc) is 3.65. The third-order valence-corrected chi connectivity index (χ3v) is 9.79. The van der Waals surface area contributed by atoms with E-state index in [2.05, 4.69) is 156 Å². The summed E-state index contributed by atoms with van der Waals surface area (Å²) < 4.78 is 5.09.